The minimum atomic E-state index is 1.20. The number of aryl methyl sites for hydroxylation is 2. The van der Waals surface area contributed by atoms with Crippen molar-refractivity contribution < 1.29 is 0 Å². The molecule has 0 fully saturated rings. The summed E-state index contributed by atoms with van der Waals surface area (Å²) < 4.78 is 0. The van der Waals surface area contributed by atoms with E-state index in [1.165, 1.54) is 54.4 Å². The third-order valence-corrected chi connectivity index (χ3v) is 3.10. The van der Waals surface area contributed by atoms with Gasteiger partial charge in [-0.25, -0.2) is 0 Å². The van der Waals surface area contributed by atoms with Crippen molar-refractivity contribution in [1.82, 2.24) is 9.97 Å². The fraction of sp³-hybridized carbons (Fsp3) is 0.417. The van der Waals surface area contributed by atoms with Gasteiger partial charge < -0.3 is 4.98 Å². The van der Waals surface area contributed by atoms with Crippen LogP contribution in [0.25, 0.3) is 11.0 Å². The van der Waals surface area contributed by atoms with Gasteiger partial charge in [0.25, 0.3) is 0 Å². The van der Waals surface area contributed by atoms with Crippen LogP contribution in [0.1, 0.15) is 30.5 Å². The van der Waals surface area contributed by atoms with E-state index in [-0.39, 0.29) is 0 Å². The molecular formula is C12H14N2. The third kappa shape index (κ3) is 1.14. The molecule has 2 nitrogen and oxygen atoms in total. The molecule has 0 bridgehead atoms. The van der Waals surface area contributed by atoms with Gasteiger partial charge in [-0.1, -0.05) is 6.42 Å². The molecule has 3 rings (SSSR count). The summed E-state index contributed by atoms with van der Waals surface area (Å²) in [6.07, 6.45) is 8.28. The molecule has 0 aliphatic heterocycles. The van der Waals surface area contributed by atoms with Crippen molar-refractivity contribution in [3.63, 3.8) is 0 Å². The first kappa shape index (κ1) is 8.04. The molecule has 0 saturated carbocycles. The van der Waals surface area contributed by atoms with Crippen molar-refractivity contribution in [3.8, 4) is 0 Å². The van der Waals surface area contributed by atoms with Crippen LogP contribution in [-0.4, -0.2) is 9.97 Å². The zero-order valence-corrected chi connectivity index (χ0v) is 8.21. The highest BCUT2D eigenvalue weighted by atomic mass is 14.8. The molecule has 1 aliphatic carbocycles. The van der Waals surface area contributed by atoms with Crippen LogP contribution in [0, 0.1) is 0 Å². The highest BCUT2D eigenvalue weighted by Crippen LogP contribution is 2.26. The summed E-state index contributed by atoms with van der Waals surface area (Å²) in [7, 11) is 0. The van der Waals surface area contributed by atoms with Crippen LogP contribution in [0.5, 0.6) is 0 Å². The standard InChI is InChI=1S/C12H14N2/c1-2-5-9-10(6-3-1)14-11-7-4-8-13-12(9)11/h4,7-8,14H,1-3,5-6H2. The maximum Gasteiger partial charge on any atom is 0.0913 e. The molecule has 2 heterocycles. The predicted molar refractivity (Wildman–Crippen MR) is 57.4 cm³/mol. The second-order valence-electron chi connectivity index (χ2n) is 4.04. The van der Waals surface area contributed by atoms with Crippen LogP contribution in [0.2, 0.25) is 0 Å². The Kier molecular flexibility index (Phi) is 1.79. The molecule has 0 aromatic carbocycles. The lowest BCUT2D eigenvalue weighted by Crippen LogP contribution is -1.87. The Labute approximate surface area is 83.4 Å². The summed E-state index contributed by atoms with van der Waals surface area (Å²) in [6, 6.07) is 4.12. The number of nitrogens with one attached hydrogen (secondary N) is 1. The van der Waals surface area contributed by atoms with Crippen LogP contribution < -0.4 is 0 Å². The number of aromatic amines is 1. The number of nitrogens with zero attached hydrogens (tertiary/aromatic N) is 1. The summed E-state index contributed by atoms with van der Waals surface area (Å²) in [5.74, 6) is 0. The van der Waals surface area contributed by atoms with E-state index >= 15 is 0 Å². The maximum atomic E-state index is 4.46. The van der Waals surface area contributed by atoms with Crippen LogP contribution in [0.4, 0.5) is 0 Å². The molecule has 0 atom stereocenters. The lowest BCUT2D eigenvalue weighted by Gasteiger charge is -1.95. The van der Waals surface area contributed by atoms with Crippen molar-refractivity contribution in [2.24, 2.45) is 0 Å². The van der Waals surface area contributed by atoms with E-state index in [9.17, 15) is 0 Å². The van der Waals surface area contributed by atoms with Gasteiger partial charge in [-0.15, -0.1) is 0 Å². The summed E-state index contributed by atoms with van der Waals surface area (Å²) in [4.78, 5) is 7.96. The number of fused-ring (bicyclic) bond motifs is 3. The normalized spacial score (nSPS) is 16.6. The Morgan fingerprint density at radius 1 is 1.14 bits per heavy atom. The molecule has 1 aliphatic rings. The Morgan fingerprint density at radius 2 is 2.07 bits per heavy atom. The molecule has 2 aromatic rings. The zero-order valence-electron chi connectivity index (χ0n) is 8.21. The van der Waals surface area contributed by atoms with E-state index in [1.807, 2.05) is 12.3 Å². The minimum absolute atomic E-state index is 1.20. The van der Waals surface area contributed by atoms with Crippen molar-refractivity contribution in [2.45, 2.75) is 32.1 Å². The highest BCUT2D eigenvalue weighted by Gasteiger charge is 2.14. The summed E-state index contributed by atoms with van der Waals surface area (Å²) in [5.41, 5.74) is 5.30. The van der Waals surface area contributed by atoms with Gasteiger partial charge in [-0.05, 0) is 43.4 Å². The highest BCUT2D eigenvalue weighted by molar-refractivity contribution is 5.80. The molecule has 14 heavy (non-hydrogen) atoms. The molecule has 0 saturated heterocycles. The van der Waals surface area contributed by atoms with Gasteiger partial charge in [0.1, 0.15) is 0 Å². The van der Waals surface area contributed by atoms with Gasteiger partial charge in [0.2, 0.25) is 0 Å². The number of hydrogen-bond donors (Lipinski definition) is 1. The number of pyridine rings is 1. The molecular weight excluding hydrogens is 172 g/mol. The lowest BCUT2D eigenvalue weighted by molar-refractivity contribution is 0.708. The van der Waals surface area contributed by atoms with Gasteiger partial charge in [-0.3, -0.25) is 4.98 Å². The molecule has 2 heteroatoms. The summed E-state index contributed by atoms with van der Waals surface area (Å²) in [5, 5.41) is 0. The van der Waals surface area contributed by atoms with Crippen molar-refractivity contribution in [1.29, 1.82) is 0 Å². The molecule has 0 unspecified atom stereocenters. The van der Waals surface area contributed by atoms with Crippen LogP contribution >= 0.6 is 0 Å². The summed E-state index contributed by atoms with van der Waals surface area (Å²) >= 11 is 0. The number of hydrogen-bond acceptors (Lipinski definition) is 1. The van der Waals surface area contributed by atoms with Crippen molar-refractivity contribution >= 4 is 11.0 Å². The second-order valence-corrected chi connectivity index (χ2v) is 4.04. The quantitative estimate of drug-likeness (QED) is 0.630. The number of H-pyrrole nitrogens is 1. The van der Waals surface area contributed by atoms with Gasteiger partial charge >= 0.3 is 0 Å². The number of rotatable bonds is 0. The monoisotopic (exact) mass is 186 g/mol. The first-order chi connectivity index (χ1) is 6.95. The van der Waals surface area contributed by atoms with E-state index in [0.717, 1.165) is 0 Å². The van der Waals surface area contributed by atoms with Crippen LogP contribution in [0.3, 0.4) is 0 Å². The fourth-order valence-electron chi connectivity index (χ4n) is 2.39. The fourth-order valence-corrected chi connectivity index (χ4v) is 2.39. The first-order valence-electron chi connectivity index (χ1n) is 5.39. The lowest BCUT2D eigenvalue weighted by atomic mass is 10.1. The van der Waals surface area contributed by atoms with E-state index in [4.69, 9.17) is 0 Å². The van der Waals surface area contributed by atoms with E-state index in [2.05, 4.69) is 16.0 Å². The van der Waals surface area contributed by atoms with E-state index < -0.39 is 0 Å². The molecule has 2 aromatic heterocycles. The molecule has 72 valence electrons. The van der Waals surface area contributed by atoms with Crippen molar-refractivity contribution in [2.75, 3.05) is 0 Å². The van der Waals surface area contributed by atoms with Gasteiger partial charge in [0.15, 0.2) is 0 Å². The smallest absolute Gasteiger partial charge is 0.0913 e. The molecule has 1 N–H and O–H groups in total. The minimum Gasteiger partial charge on any atom is -0.357 e. The van der Waals surface area contributed by atoms with Crippen LogP contribution in [0.15, 0.2) is 18.3 Å². The SMILES string of the molecule is c1cnc2c3c([nH]c2c1)CCCCC3. The van der Waals surface area contributed by atoms with Gasteiger partial charge in [0.05, 0.1) is 11.0 Å². The second kappa shape index (κ2) is 3.12. The van der Waals surface area contributed by atoms with Crippen LogP contribution in [-0.2, 0) is 12.8 Å². The molecule has 0 radical (unpaired) electrons. The Balaban J connectivity index is 2.24. The topological polar surface area (TPSA) is 28.7 Å². The van der Waals surface area contributed by atoms with Gasteiger partial charge in [0, 0.05) is 11.9 Å². The first-order valence-corrected chi connectivity index (χ1v) is 5.39. The largest absolute Gasteiger partial charge is 0.357 e. The molecule has 0 spiro atoms. The average Bonchev–Trinajstić information content (AvgIpc) is 2.42. The van der Waals surface area contributed by atoms with Crippen molar-refractivity contribution in [3.05, 3.63) is 29.6 Å². The zero-order chi connectivity index (χ0) is 9.38. The Morgan fingerprint density at radius 3 is 3.07 bits per heavy atom. The average molecular weight is 186 g/mol. The number of aromatic nitrogens is 2. The third-order valence-electron chi connectivity index (χ3n) is 3.10. The molecule has 0 amide bonds. The Bertz CT molecular complexity index is 456. The van der Waals surface area contributed by atoms with E-state index in [1.54, 1.807) is 0 Å². The van der Waals surface area contributed by atoms with E-state index in [0.29, 0.717) is 0 Å². The predicted octanol–water partition coefficient (Wildman–Crippen LogP) is 2.83. The summed E-state index contributed by atoms with van der Waals surface area (Å²) in [6.45, 7) is 0. The maximum absolute atomic E-state index is 4.46. The Hall–Kier alpha value is -1.31. The van der Waals surface area contributed by atoms with Gasteiger partial charge in [-0.2, -0.15) is 0 Å².